The SMILES string of the molecule is [C-]#[N+]c1cnc(N[C@@H]2CCCN(c3cc4c(cn3)c(NC(=O)CCl)nn4C)C2)nc1OC. The molecule has 3 aromatic heterocycles. The number of carbonyl (C=O) groups excluding carboxylic acids is 1. The summed E-state index contributed by atoms with van der Waals surface area (Å²) in [5.41, 5.74) is 1.14. The van der Waals surface area contributed by atoms with Gasteiger partial charge in [0.15, 0.2) is 5.82 Å². The van der Waals surface area contributed by atoms with Gasteiger partial charge >= 0.3 is 0 Å². The second-order valence-electron chi connectivity index (χ2n) is 7.34. The van der Waals surface area contributed by atoms with E-state index in [1.807, 2.05) is 13.1 Å². The summed E-state index contributed by atoms with van der Waals surface area (Å²) in [7, 11) is 3.30. The van der Waals surface area contributed by atoms with Crippen LogP contribution in [0.4, 0.5) is 23.3 Å². The number of piperidine rings is 1. The molecule has 0 saturated carbocycles. The number of anilines is 3. The van der Waals surface area contributed by atoms with Gasteiger partial charge in [0.05, 0.1) is 24.6 Å². The average molecular weight is 456 g/mol. The zero-order chi connectivity index (χ0) is 22.7. The Kier molecular flexibility index (Phi) is 6.23. The lowest BCUT2D eigenvalue weighted by molar-refractivity contribution is -0.113. The van der Waals surface area contributed by atoms with Gasteiger partial charge in [0.25, 0.3) is 5.69 Å². The number of rotatable bonds is 6. The second-order valence-corrected chi connectivity index (χ2v) is 7.61. The molecule has 1 saturated heterocycles. The molecule has 3 aromatic rings. The number of nitrogens with zero attached hydrogens (tertiary/aromatic N) is 7. The molecule has 0 bridgehead atoms. The van der Waals surface area contributed by atoms with E-state index in [0.717, 1.165) is 36.1 Å². The molecule has 1 aliphatic heterocycles. The number of hydrogen-bond donors (Lipinski definition) is 2. The maximum Gasteiger partial charge on any atom is 0.264 e. The molecule has 4 heterocycles. The van der Waals surface area contributed by atoms with Crippen LogP contribution in [0.3, 0.4) is 0 Å². The Morgan fingerprint density at radius 1 is 1.41 bits per heavy atom. The van der Waals surface area contributed by atoms with Crippen LogP contribution in [0.1, 0.15) is 12.8 Å². The Morgan fingerprint density at radius 2 is 2.25 bits per heavy atom. The smallest absolute Gasteiger partial charge is 0.264 e. The Labute approximate surface area is 189 Å². The largest absolute Gasteiger partial charge is 0.490 e. The average Bonchev–Trinajstić information content (AvgIpc) is 3.13. The summed E-state index contributed by atoms with van der Waals surface area (Å²) in [5, 5.41) is 11.2. The van der Waals surface area contributed by atoms with Crippen LogP contribution in [-0.4, -0.2) is 62.8 Å². The van der Waals surface area contributed by atoms with Gasteiger partial charge < -0.3 is 20.3 Å². The lowest BCUT2D eigenvalue weighted by Gasteiger charge is -2.34. The fourth-order valence-corrected chi connectivity index (χ4v) is 3.78. The summed E-state index contributed by atoms with van der Waals surface area (Å²) in [4.78, 5) is 30.3. The fraction of sp³-hybridized carbons (Fsp3) is 0.400. The number of methoxy groups -OCH3 is 1. The van der Waals surface area contributed by atoms with Crippen LogP contribution in [0.25, 0.3) is 15.7 Å². The minimum atomic E-state index is -0.316. The number of hydrogen-bond acceptors (Lipinski definition) is 8. The quantitative estimate of drug-likeness (QED) is 0.430. The summed E-state index contributed by atoms with van der Waals surface area (Å²) >= 11 is 5.59. The topological polar surface area (TPSA) is 114 Å². The molecule has 1 atom stereocenters. The van der Waals surface area contributed by atoms with Crippen LogP contribution in [0.2, 0.25) is 0 Å². The third-order valence-corrected chi connectivity index (χ3v) is 5.47. The number of amides is 1. The van der Waals surface area contributed by atoms with Gasteiger partial charge in [-0.05, 0) is 12.8 Å². The van der Waals surface area contributed by atoms with Crippen molar-refractivity contribution in [3.05, 3.63) is 29.9 Å². The molecule has 1 aliphatic rings. The highest BCUT2D eigenvalue weighted by molar-refractivity contribution is 6.29. The number of carbonyl (C=O) groups is 1. The zero-order valence-corrected chi connectivity index (χ0v) is 18.4. The minimum Gasteiger partial charge on any atom is -0.490 e. The molecule has 0 aromatic carbocycles. The molecule has 0 radical (unpaired) electrons. The van der Waals surface area contributed by atoms with Gasteiger partial charge in [0.2, 0.25) is 17.7 Å². The lowest BCUT2D eigenvalue weighted by Crippen LogP contribution is -2.42. The number of alkyl halides is 1. The van der Waals surface area contributed by atoms with E-state index in [1.54, 1.807) is 10.9 Å². The highest BCUT2D eigenvalue weighted by atomic mass is 35.5. The molecule has 0 aliphatic carbocycles. The molecule has 166 valence electrons. The summed E-state index contributed by atoms with van der Waals surface area (Å²) < 4.78 is 6.89. The van der Waals surface area contributed by atoms with Crippen LogP contribution in [0.5, 0.6) is 5.88 Å². The maximum absolute atomic E-state index is 11.7. The van der Waals surface area contributed by atoms with Crippen LogP contribution in [0, 0.1) is 6.57 Å². The molecule has 0 unspecified atom stereocenters. The van der Waals surface area contributed by atoms with Crippen LogP contribution in [0.15, 0.2) is 18.5 Å². The predicted molar refractivity (Wildman–Crippen MR) is 122 cm³/mol. The van der Waals surface area contributed by atoms with Crippen molar-refractivity contribution in [1.82, 2.24) is 24.7 Å². The second kappa shape index (κ2) is 9.23. The van der Waals surface area contributed by atoms with Gasteiger partial charge in [0.1, 0.15) is 11.7 Å². The van der Waals surface area contributed by atoms with Gasteiger partial charge in [-0.25, -0.2) is 14.8 Å². The van der Waals surface area contributed by atoms with Gasteiger partial charge in [-0.15, -0.1) is 11.6 Å². The normalized spacial score (nSPS) is 15.9. The van der Waals surface area contributed by atoms with Gasteiger partial charge in [-0.3, -0.25) is 9.48 Å². The first kappa shape index (κ1) is 21.6. The number of nitrogens with one attached hydrogen (secondary N) is 2. The molecule has 12 heteroatoms. The number of pyridine rings is 1. The first-order chi connectivity index (χ1) is 15.5. The molecule has 1 amide bonds. The number of halogens is 1. The van der Waals surface area contributed by atoms with E-state index in [1.165, 1.54) is 13.3 Å². The molecule has 11 nitrogen and oxygen atoms in total. The third kappa shape index (κ3) is 4.36. The Morgan fingerprint density at radius 3 is 3.00 bits per heavy atom. The van der Waals surface area contributed by atoms with Crippen molar-refractivity contribution in [3.63, 3.8) is 0 Å². The van der Waals surface area contributed by atoms with Gasteiger partial charge in [-0.1, -0.05) is 0 Å². The van der Waals surface area contributed by atoms with Crippen molar-refractivity contribution in [2.45, 2.75) is 18.9 Å². The van der Waals surface area contributed by atoms with E-state index in [4.69, 9.17) is 22.9 Å². The van der Waals surface area contributed by atoms with Crippen molar-refractivity contribution >= 4 is 51.7 Å². The van der Waals surface area contributed by atoms with Gasteiger partial charge in [-0.2, -0.15) is 10.1 Å². The van der Waals surface area contributed by atoms with Crippen LogP contribution in [-0.2, 0) is 11.8 Å². The van der Waals surface area contributed by atoms with Crippen molar-refractivity contribution in [1.29, 1.82) is 0 Å². The molecule has 32 heavy (non-hydrogen) atoms. The maximum atomic E-state index is 11.7. The molecular formula is C20H22ClN9O2. The number of fused-ring (bicyclic) bond motifs is 1. The van der Waals surface area contributed by atoms with Crippen LogP contribution >= 0.6 is 11.6 Å². The van der Waals surface area contributed by atoms with Gasteiger partial charge in [0, 0.05) is 44.6 Å². The molecule has 1 fully saturated rings. The van der Waals surface area contributed by atoms with E-state index in [-0.39, 0.29) is 29.4 Å². The van der Waals surface area contributed by atoms with E-state index in [0.29, 0.717) is 18.3 Å². The predicted octanol–water partition coefficient (Wildman–Crippen LogP) is 2.58. The van der Waals surface area contributed by atoms with Crippen molar-refractivity contribution in [2.24, 2.45) is 7.05 Å². The number of ether oxygens (including phenoxy) is 1. The highest BCUT2D eigenvalue weighted by Gasteiger charge is 2.23. The summed E-state index contributed by atoms with van der Waals surface area (Å²) in [6, 6.07) is 2.07. The van der Waals surface area contributed by atoms with E-state index < -0.39 is 0 Å². The Hall–Kier alpha value is -3.65. The summed E-state index contributed by atoms with van der Waals surface area (Å²) in [6.07, 6.45) is 5.10. The third-order valence-electron chi connectivity index (χ3n) is 5.23. The van der Waals surface area contributed by atoms with Crippen molar-refractivity contribution < 1.29 is 9.53 Å². The van der Waals surface area contributed by atoms with E-state index in [2.05, 4.69) is 40.4 Å². The monoisotopic (exact) mass is 455 g/mol. The first-order valence-corrected chi connectivity index (χ1v) is 10.5. The Balaban J connectivity index is 1.51. The van der Waals surface area contributed by atoms with E-state index in [9.17, 15) is 4.79 Å². The zero-order valence-electron chi connectivity index (χ0n) is 17.7. The summed E-state index contributed by atoms with van der Waals surface area (Å²) in [5.74, 6) is 1.50. The molecule has 2 N–H and O–H groups in total. The minimum absolute atomic E-state index is 0.106. The molecule has 4 rings (SSSR count). The Bertz CT molecular complexity index is 1190. The fourth-order valence-electron chi connectivity index (χ4n) is 3.71. The molecule has 0 spiro atoms. The standard InChI is InChI=1S/C20H22ClN9O2/c1-22-14-10-24-20(27-19(14)32-3)25-12-5-4-6-30(11-12)16-7-15-13(9-23-16)18(28-29(15)2)26-17(31)8-21/h7,9-10,12H,4-6,8,11H2,2-3H3,(H,24,25,27)(H,26,28,31)/t12-/m1/s1. The molecular weight excluding hydrogens is 434 g/mol. The van der Waals surface area contributed by atoms with Crippen LogP contribution < -0.4 is 20.3 Å². The van der Waals surface area contributed by atoms with Crippen molar-refractivity contribution in [3.8, 4) is 5.88 Å². The highest BCUT2D eigenvalue weighted by Crippen LogP contribution is 2.28. The number of aromatic nitrogens is 5. The number of aryl methyl sites for hydroxylation is 1. The first-order valence-electron chi connectivity index (χ1n) is 10.0. The lowest BCUT2D eigenvalue weighted by atomic mass is 10.1. The van der Waals surface area contributed by atoms with E-state index >= 15 is 0 Å². The van der Waals surface area contributed by atoms with Crippen molar-refractivity contribution in [2.75, 3.05) is 41.6 Å². The summed E-state index contributed by atoms with van der Waals surface area (Å²) in [6.45, 7) is 8.73.